The first-order valence-electron chi connectivity index (χ1n) is 13.2. The van der Waals surface area contributed by atoms with Crippen molar-refractivity contribution in [3.05, 3.63) is 52.9 Å². The first-order chi connectivity index (χ1) is 20.5. The molecule has 240 valence electrons. The van der Waals surface area contributed by atoms with Crippen LogP contribution < -0.4 is 0 Å². The van der Waals surface area contributed by atoms with Gasteiger partial charge in [0, 0.05) is 47.9 Å². The Bertz CT molecular complexity index is 1520. The van der Waals surface area contributed by atoms with Gasteiger partial charge in [0.25, 0.3) is 0 Å². The summed E-state index contributed by atoms with van der Waals surface area (Å²) in [5.41, 5.74) is 5.33. The number of piperidine rings is 1. The Labute approximate surface area is 251 Å². The molecule has 0 radical (unpaired) electrons. The summed E-state index contributed by atoms with van der Waals surface area (Å²) < 4.78 is 67.6. The van der Waals surface area contributed by atoms with Crippen molar-refractivity contribution in [3.8, 4) is 11.3 Å². The van der Waals surface area contributed by atoms with E-state index in [1.54, 1.807) is 0 Å². The van der Waals surface area contributed by atoms with Crippen molar-refractivity contribution in [2.24, 2.45) is 7.05 Å². The normalized spacial score (nSPS) is 14.6. The molecule has 0 aromatic carbocycles. The highest BCUT2D eigenvalue weighted by atomic mass is 32.1. The van der Waals surface area contributed by atoms with Crippen LogP contribution in [-0.4, -0.2) is 76.8 Å². The summed E-state index contributed by atoms with van der Waals surface area (Å²) in [6.07, 6.45) is -2.00. The summed E-state index contributed by atoms with van der Waals surface area (Å²) in [5, 5.41) is 20.8. The standard InChI is InChI=1S/C23H28N6S.2C2HF3O2/c1-16(2)29-15-24-23-21(29)11-20(26-22(23)18-12-25-27(3)13-18)17-6-8-28(9-7-17)14-19-5-4-10-30-19;2*3-2(4,5)1(6)7/h4-5,10-13,15-17H,6-9,14H2,1-3H3;2*(H,6,7). The van der Waals surface area contributed by atoms with Gasteiger partial charge in [-0.1, -0.05) is 6.07 Å². The van der Waals surface area contributed by atoms with Gasteiger partial charge in [0.1, 0.15) is 11.2 Å². The Morgan fingerprint density at radius 2 is 1.66 bits per heavy atom. The van der Waals surface area contributed by atoms with Gasteiger partial charge >= 0.3 is 24.3 Å². The zero-order valence-corrected chi connectivity index (χ0v) is 24.6. The van der Waals surface area contributed by atoms with E-state index in [4.69, 9.17) is 29.8 Å². The maximum Gasteiger partial charge on any atom is 0.490 e. The summed E-state index contributed by atoms with van der Waals surface area (Å²) in [6, 6.07) is 7.02. The number of carboxylic acids is 2. The molecule has 0 aliphatic carbocycles. The Hall–Kier alpha value is -3.99. The van der Waals surface area contributed by atoms with Crippen LogP contribution in [0.15, 0.2) is 42.3 Å². The average molecular weight is 649 g/mol. The third-order valence-electron chi connectivity index (χ3n) is 6.57. The number of rotatable bonds is 5. The number of pyridine rings is 1. The van der Waals surface area contributed by atoms with Gasteiger partial charge in [-0.2, -0.15) is 31.4 Å². The molecule has 0 unspecified atom stereocenters. The predicted molar refractivity (Wildman–Crippen MR) is 149 cm³/mol. The van der Waals surface area contributed by atoms with Crippen molar-refractivity contribution >= 4 is 34.3 Å². The number of fused-ring (bicyclic) bond motifs is 1. The van der Waals surface area contributed by atoms with Gasteiger partial charge < -0.3 is 14.8 Å². The zero-order chi connectivity index (χ0) is 32.8. The molecular weight excluding hydrogens is 618 g/mol. The van der Waals surface area contributed by atoms with Crippen molar-refractivity contribution in [1.29, 1.82) is 0 Å². The number of halogens is 6. The van der Waals surface area contributed by atoms with E-state index >= 15 is 0 Å². The molecular formula is C27H30F6N6O4S. The van der Waals surface area contributed by atoms with Gasteiger partial charge in [-0.05, 0) is 57.3 Å². The Balaban J connectivity index is 0.000000317. The minimum Gasteiger partial charge on any atom is -0.475 e. The molecule has 0 bridgehead atoms. The van der Waals surface area contributed by atoms with Crippen LogP contribution in [0.5, 0.6) is 0 Å². The molecule has 0 amide bonds. The number of aliphatic carboxylic acids is 2. The van der Waals surface area contributed by atoms with Crippen molar-refractivity contribution in [2.45, 2.75) is 57.5 Å². The van der Waals surface area contributed by atoms with Crippen LogP contribution in [0.4, 0.5) is 26.3 Å². The summed E-state index contributed by atoms with van der Waals surface area (Å²) in [6.45, 7) is 7.71. The quantitative estimate of drug-likeness (QED) is 0.248. The van der Waals surface area contributed by atoms with E-state index in [9.17, 15) is 26.3 Å². The number of alkyl halides is 6. The van der Waals surface area contributed by atoms with E-state index in [0.717, 1.165) is 49.2 Å². The highest BCUT2D eigenvalue weighted by Crippen LogP contribution is 2.34. The second-order valence-electron chi connectivity index (χ2n) is 10.1. The van der Waals surface area contributed by atoms with Crippen LogP contribution in [0.3, 0.4) is 0 Å². The van der Waals surface area contributed by atoms with E-state index in [0.29, 0.717) is 12.0 Å². The number of carbonyl (C=O) groups is 2. The molecule has 1 aliphatic heterocycles. The van der Waals surface area contributed by atoms with E-state index in [2.05, 4.69) is 52.0 Å². The zero-order valence-electron chi connectivity index (χ0n) is 23.8. The summed E-state index contributed by atoms with van der Waals surface area (Å²) in [4.78, 5) is 31.7. The summed E-state index contributed by atoms with van der Waals surface area (Å²) >= 11 is 1.85. The minimum absolute atomic E-state index is 0.361. The summed E-state index contributed by atoms with van der Waals surface area (Å²) in [5.74, 6) is -5.03. The molecule has 1 saturated heterocycles. The Kier molecular flexibility index (Phi) is 11.1. The molecule has 1 fully saturated rings. The number of likely N-dealkylation sites (tertiary alicyclic amines) is 1. The van der Waals surface area contributed by atoms with Gasteiger partial charge in [-0.15, -0.1) is 11.3 Å². The smallest absolute Gasteiger partial charge is 0.475 e. The lowest BCUT2D eigenvalue weighted by Gasteiger charge is -2.31. The lowest BCUT2D eigenvalue weighted by atomic mass is 9.92. The third-order valence-corrected chi connectivity index (χ3v) is 7.43. The molecule has 17 heteroatoms. The van der Waals surface area contributed by atoms with Crippen molar-refractivity contribution in [3.63, 3.8) is 0 Å². The summed E-state index contributed by atoms with van der Waals surface area (Å²) in [7, 11) is 1.95. The van der Waals surface area contributed by atoms with Crippen molar-refractivity contribution < 1.29 is 46.1 Å². The van der Waals surface area contributed by atoms with Gasteiger partial charge in [0.05, 0.1) is 18.0 Å². The van der Waals surface area contributed by atoms with Gasteiger partial charge in [0.15, 0.2) is 0 Å². The van der Waals surface area contributed by atoms with Crippen LogP contribution in [0.1, 0.15) is 49.2 Å². The number of aryl methyl sites for hydroxylation is 1. The molecule has 4 aromatic rings. The number of thiophene rings is 1. The number of nitrogens with zero attached hydrogens (tertiary/aromatic N) is 6. The van der Waals surface area contributed by atoms with E-state index in [1.807, 2.05) is 41.8 Å². The van der Waals surface area contributed by atoms with E-state index in [-0.39, 0.29) is 0 Å². The molecule has 5 heterocycles. The van der Waals surface area contributed by atoms with Crippen LogP contribution in [0.25, 0.3) is 22.3 Å². The molecule has 44 heavy (non-hydrogen) atoms. The van der Waals surface area contributed by atoms with Crippen LogP contribution in [-0.2, 0) is 23.2 Å². The highest BCUT2D eigenvalue weighted by Gasteiger charge is 2.39. The number of carboxylic acid groups (broad SMARTS) is 2. The number of hydrogen-bond acceptors (Lipinski definition) is 7. The average Bonchev–Trinajstić information content (AvgIpc) is 3.69. The van der Waals surface area contributed by atoms with Crippen LogP contribution in [0, 0.1) is 0 Å². The molecule has 2 N–H and O–H groups in total. The molecule has 1 aliphatic rings. The van der Waals surface area contributed by atoms with Crippen molar-refractivity contribution in [2.75, 3.05) is 13.1 Å². The van der Waals surface area contributed by atoms with Crippen LogP contribution in [0.2, 0.25) is 0 Å². The van der Waals surface area contributed by atoms with E-state index < -0.39 is 24.3 Å². The fraction of sp³-hybridized carbons (Fsp3) is 0.444. The Morgan fingerprint density at radius 1 is 1.07 bits per heavy atom. The molecule has 0 spiro atoms. The SMILES string of the molecule is CC(C)n1cnc2c(-c3cnn(C)c3)nc(C3CCN(Cc4cccs4)CC3)cc21.O=C(O)C(F)(F)F.O=C(O)C(F)(F)F. The largest absolute Gasteiger partial charge is 0.490 e. The first kappa shape index (κ1) is 34.5. The minimum atomic E-state index is -5.08. The fourth-order valence-electron chi connectivity index (χ4n) is 4.43. The molecule has 5 rings (SSSR count). The molecule has 0 atom stereocenters. The number of imidazole rings is 1. The lowest BCUT2D eigenvalue weighted by Crippen LogP contribution is -2.32. The van der Waals surface area contributed by atoms with Gasteiger partial charge in [-0.3, -0.25) is 9.58 Å². The van der Waals surface area contributed by atoms with Gasteiger partial charge in [0.2, 0.25) is 0 Å². The van der Waals surface area contributed by atoms with Crippen molar-refractivity contribution in [1.82, 2.24) is 29.2 Å². The maximum absolute atomic E-state index is 10.6. The number of aromatic nitrogens is 5. The second-order valence-corrected chi connectivity index (χ2v) is 11.2. The Morgan fingerprint density at radius 3 is 2.11 bits per heavy atom. The topological polar surface area (TPSA) is 126 Å². The second kappa shape index (κ2) is 14.2. The maximum atomic E-state index is 10.6. The fourth-order valence-corrected chi connectivity index (χ4v) is 5.17. The lowest BCUT2D eigenvalue weighted by molar-refractivity contribution is -0.193. The monoisotopic (exact) mass is 648 g/mol. The third kappa shape index (κ3) is 9.25. The van der Waals surface area contributed by atoms with Gasteiger partial charge in [-0.25, -0.2) is 19.6 Å². The highest BCUT2D eigenvalue weighted by molar-refractivity contribution is 7.09. The molecule has 0 saturated carbocycles. The number of hydrogen-bond donors (Lipinski definition) is 2. The first-order valence-corrected chi connectivity index (χ1v) is 14.1. The predicted octanol–water partition coefficient (Wildman–Crippen LogP) is 6.12. The van der Waals surface area contributed by atoms with E-state index in [1.165, 1.54) is 16.1 Å². The molecule has 4 aromatic heterocycles. The van der Waals surface area contributed by atoms with Crippen LogP contribution >= 0.6 is 11.3 Å². The molecule has 10 nitrogen and oxygen atoms in total.